The first-order valence-electron chi connectivity index (χ1n) is 5.87. The van der Waals surface area contributed by atoms with Crippen LogP contribution < -0.4 is 5.73 Å². The molecule has 1 aliphatic rings. The number of hydrogen-bond acceptors (Lipinski definition) is 4. The van der Waals surface area contributed by atoms with Gasteiger partial charge < -0.3 is 15.1 Å². The fourth-order valence-electron chi connectivity index (χ4n) is 2.53. The number of hydrogen-bond donors (Lipinski definition) is 1. The number of rotatable bonds is 3. The monoisotopic (exact) mass is 223 g/mol. The first kappa shape index (κ1) is 11.6. The van der Waals surface area contributed by atoms with E-state index in [0.717, 1.165) is 25.4 Å². The van der Waals surface area contributed by atoms with E-state index < -0.39 is 0 Å². The molecule has 0 radical (unpaired) electrons. The zero-order valence-corrected chi connectivity index (χ0v) is 10.1. The number of furan rings is 1. The van der Waals surface area contributed by atoms with Gasteiger partial charge in [-0.1, -0.05) is 0 Å². The predicted octanol–water partition coefficient (Wildman–Crippen LogP) is 0.743. The third-order valence-corrected chi connectivity index (χ3v) is 3.32. The van der Waals surface area contributed by atoms with Gasteiger partial charge in [0.2, 0.25) is 0 Å². The molecule has 1 aromatic heterocycles. The van der Waals surface area contributed by atoms with Crippen LogP contribution in [-0.4, -0.2) is 48.6 Å². The van der Waals surface area contributed by atoms with E-state index in [1.165, 1.54) is 0 Å². The first-order chi connectivity index (χ1) is 7.70. The van der Waals surface area contributed by atoms with Gasteiger partial charge in [-0.05, 0) is 26.1 Å². The summed E-state index contributed by atoms with van der Waals surface area (Å²) in [5, 5.41) is 0. The summed E-state index contributed by atoms with van der Waals surface area (Å²) in [7, 11) is 2.16. The van der Waals surface area contributed by atoms with E-state index in [9.17, 15) is 0 Å². The summed E-state index contributed by atoms with van der Waals surface area (Å²) in [6.45, 7) is 5.96. The highest BCUT2D eigenvalue weighted by Crippen LogP contribution is 2.17. The number of piperazine rings is 1. The van der Waals surface area contributed by atoms with Crippen LogP contribution in [0, 0.1) is 0 Å². The van der Waals surface area contributed by atoms with Gasteiger partial charge in [0.1, 0.15) is 5.76 Å². The average Bonchev–Trinajstić information content (AvgIpc) is 2.74. The number of likely N-dealkylation sites (N-methyl/N-ethyl adjacent to an activating group) is 1. The standard InChI is InChI=1S/C12H21N3O/c1-10-7-14(2)8-11(6-13)15(10)9-12-4-3-5-16-12/h3-5,10-11H,6-9,13H2,1-2H3. The van der Waals surface area contributed by atoms with E-state index in [0.29, 0.717) is 18.6 Å². The second-order valence-electron chi connectivity index (χ2n) is 4.71. The third kappa shape index (κ3) is 2.45. The van der Waals surface area contributed by atoms with Crippen molar-refractivity contribution in [3.8, 4) is 0 Å². The van der Waals surface area contributed by atoms with Crippen LogP contribution in [0.1, 0.15) is 12.7 Å². The minimum absolute atomic E-state index is 0.429. The van der Waals surface area contributed by atoms with E-state index >= 15 is 0 Å². The molecular weight excluding hydrogens is 202 g/mol. The lowest BCUT2D eigenvalue weighted by Gasteiger charge is -2.43. The van der Waals surface area contributed by atoms with Gasteiger partial charge in [-0.3, -0.25) is 4.90 Å². The highest BCUT2D eigenvalue weighted by Gasteiger charge is 2.29. The molecule has 2 N–H and O–H groups in total. The van der Waals surface area contributed by atoms with E-state index in [4.69, 9.17) is 10.2 Å². The second kappa shape index (κ2) is 4.99. The molecule has 0 amide bonds. The van der Waals surface area contributed by atoms with Crippen molar-refractivity contribution in [3.05, 3.63) is 24.2 Å². The molecule has 4 heteroatoms. The van der Waals surface area contributed by atoms with Crippen LogP contribution in [0.25, 0.3) is 0 Å². The van der Waals surface area contributed by atoms with Gasteiger partial charge in [0.15, 0.2) is 0 Å². The Balaban J connectivity index is 2.05. The molecule has 2 heterocycles. The van der Waals surface area contributed by atoms with Crippen molar-refractivity contribution >= 4 is 0 Å². The van der Waals surface area contributed by atoms with E-state index in [2.05, 4.69) is 23.8 Å². The molecule has 0 bridgehead atoms. The Morgan fingerprint density at radius 3 is 2.94 bits per heavy atom. The molecule has 1 aliphatic heterocycles. The van der Waals surface area contributed by atoms with Crippen molar-refractivity contribution in [3.63, 3.8) is 0 Å². The van der Waals surface area contributed by atoms with E-state index in [-0.39, 0.29) is 0 Å². The molecule has 90 valence electrons. The van der Waals surface area contributed by atoms with Crippen molar-refractivity contribution in [2.45, 2.75) is 25.6 Å². The van der Waals surface area contributed by atoms with Crippen LogP contribution in [-0.2, 0) is 6.54 Å². The van der Waals surface area contributed by atoms with Crippen LogP contribution in [0.4, 0.5) is 0 Å². The minimum Gasteiger partial charge on any atom is -0.468 e. The average molecular weight is 223 g/mol. The number of nitrogens with two attached hydrogens (primary N) is 1. The smallest absolute Gasteiger partial charge is 0.117 e. The Kier molecular flexibility index (Phi) is 3.63. The molecule has 1 fully saturated rings. The lowest BCUT2D eigenvalue weighted by atomic mass is 10.1. The van der Waals surface area contributed by atoms with Crippen LogP contribution in [0.5, 0.6) is 0 Å². The molecule has 1 saturated heterocycles. The summed E-state index contributed by atoms with van der Waals surface area (Å²) < 4.78 is 5.41. The molecule has 16 heavy (non-hydrogen) atoms. The van der Waals surface area contributed by atoms with Crippen LogP contribution >= 0.6 is 0 Å². The summed E-state index contributed by atoms with van der Waals surface area (Å²) in [6.07, 6.45) is 1.73. The molecule has 2 rings (SSSR count). The van der Waals surface area contributed by atoms with Gasteiger partial charge >= 0.3 is 0 Å². The minimum atomic E-state index is 0.429. The molecule has 0 aromatic carbocycles. The highest BCUT2D eigenvalue weighted by molar-refractivity contribution is 5.00. The summed E-state index contributed by atoms with van der Waals surface area (Å²) in [6, 6.07) is 4.92. The summed E-state index contributed by atoms with van der Waals surface area (Å²) in [4.78, 5) is 4.79. The molecule has 0 saturated carbocycles. The molecule has 2 unspecified atom stereocenters. The zero-order valence-electron chi connectivity index (χ0n) is 10.1. The van der Waals surface area contributed by atoms with Gasteiger partial charge in [-0.15, -0.1) is 0 Å². The lowest BCUT2D eigenvalue weighted by Crippen LogP contribution is -2.58. The van der Waals surface area contributed by atoms with Crippen LogP contribution in [0.3, 0.4) is 0 Å². The topological polar surface area (TPSA) is 45.6 Å². The largest absolute Gasteiger partial charge is 0.468 e. The quantitative estimate of drug-likeness (QED) is 0.821. The predicted molar refractivity (Wildman–Crippen MR) is 64.1 cm³/mol. The molecule has 0 aliphatic carbocycles. The Bertz CT molecular complexity index is 312. The number of nitrogens with zero attached hydrogens (tertiary/aromatic N) is 2. The molecule has 0 spiro atoms. The Hall–Kier alpha value is -0.840. The van der Waals surface area contributed by atoms with Crippen LogP contribution in [0.2, 0.25) is 0 Å². The maximum absolute atomic E-state index is 5.85. The Morgan fingerprint density at radius 1 is 1.50 bits per heavy atom. The molecule has 2 atom stereocenters. The molecular formula is C12H21N3O. The van der Waals surface area contributed by atoms with Gasteiger partial charge in [-0.2, -0.15) is 0 Å². The maximum atomic E-state index is 5.85. The van der Waals surface area contributed by atoms with E-state index in [1.54, 1.807) is 6.26 Å². The van der Waals surface area contributed by atoms with Crippen molar-refractivity contribution in [2.75, 3.05) is 26.7 Å². The second-order valence-corrected chi connectivity index (χ2v) is 4.71. The van der Waals surface area contributed by atoms with Gasteiger partial charge in [-0.25, -0.2) is 0 Å². The fourth-order valence-corrected chi connectivity index (χ4v) is 2.53. The van der Waals surface area contributed by atoms with Gasteiger partial charge in [0, 0.05) is 31.7 Å². The van der Waals surface area contributed by atoms with Crippen molar-refractivity contribution in [1.82, 2.24) is 9.80 Å². The lowest BCUT2D eigenvalue weighted by molar-refractivity contribution is 0.0360. The summed E-state index contributed by atoms with van der Waals surface area (Å²) in [5.41, 5.74) is 5.85. The van der Waals surface area contributed by atoms with Crippen molar-refractivity contribution < 1.29 is 4.42 Å². The SMILES string of the molecule is CC1CN(C)CC(CN)N1Cc1ccco1. The summed E-state index contributed by atoms with van der Waals surface area (Å²) >= 11 is 0. The van der Waals surface area contributed by atoms with Gasteiger partial charge in [0.25, 0.3) is 0 Å². The maximum Gasteiger partial charge on any atom is 0.117 e. The summed E-state index contributed by atoms with van der Waals surface area (Å²) in [5.74, 6) is 1.02. The van der Waals surface area contributed by atoms with E-state index in [1.807, 2.05) is 12.1 Å². The van der Waals surface area contributed by atoms with Crippen molar-refractivity contribution in [1.29, 1.82) is 0 Å². The third-order valence-electron chi connectivity index (χ3n) is 3.32. The Morgan fingerprint density at radius 2 is 2.31 bits per heavy atom. The van der Waals surface area contributed by atoms with Gasteiger partial charge in [0.05, 0.1) is 12.8 Å². The molecule has 4 nitrogen and oxygen atoms in total. The first-order valence-corrected chi connectivity index (χ1v) is 5.87. The zero-order chi connectivity index (χ0) is 11.5. The molecule has 1 aromatic rings. The normalized spacial score (nSPS) is 28.4. The fraction of sp³-hybridized carbons (Fsp3) is 0.667. The Labute approximate surface area is 97.0 Å². The highest BCUT2D eigenvalue weighted by atomic mass is 16.3. The van der Waals surface area contributed by atoms with Crippen molar-refractivity contribution in [2.24, 2.45) is 5.73 Å². The van der Waals surface area contributed by atoms with Crippen LogP contribution in [0.15, 0.2) is 22.8 Å².